The van der Waals surface area contributed by atoms with Gasteiger partial charge in [-0.05, 0) is 50.9 Å². The van der Waals surface area contributed by atoms with Gasteiger partial charge < -0.3 is 9.47 Å². The molecular weight excluding hydrogens is 256 g/mol. The minimum atomic E-state index is -0.542. The van der Waals surface area contributed by atoms with Crippen molar-refractivity contribution in [3.63, 3.8) is 0 Å². The van der Waals surface area contributed by atoms with Crippen LogP contribution in [0.5, 0.6) is 0 Å². The van der Waals surface area contributed by atoms with Crippen LogP contribution in [0.2, 0.25) is 0 Å². The molecule has 0 heterocycles. The first kappa shape index (κ1) is 15.1. The SMILES string of the molecule is C=C(C)C(=O)OCC(=O)OC1(CCC)CC2CCC1C2. The predicted octanol–water partition coefficient (Wildman–Crippen LogP) is 3.01. The van der Waals surface area contributed by atoms with Crippen molar-refractivity contribution in [3.05, 3.63) is 12.2 Å². The number of rotatable bonds is 6. The molecule has 3 unspecified atom stereocenters. The number of esters is 2. The van der Waals surface area contributed by atoms with Crippen molar-refractivity contribution in [1.82, 2.24) is 0 Å². The molecule has 0 amide bonds. The maximum atomic E-state index is 12.0. The zero-order valence-corrected chi connectivity index (χ0v) is 12.4. The molecule has 0 N–H and O–H groups in total. The molecule has 4 heteroatoms. The molecule has 2 saturated carbocycles. The Bertz CT molecular complexity index is 415. The summed E-state index contributed by atoms with van der Waals surface area (Å²) in [6, 6.07) is 0. The molecule has 2 bridgehead atoms. The van der Waals surface area contributed by atoms with Crippen molar-refractivity contribution in [2.75, 3.05) is 6.61 Å². The van der Waals surface area contributed by atoms with Crippen molar-refractivity contribution in [2.45, 2.75) is 58.0 Å². The van der Waals surface area contributed by atoms with Crippen molar-refractivity contribution >= 4 is 11.9 Å². The summed E-state index contributed by atoms with van der Waals surface area (Å²) in [5, 5.41) is 0. The summed E-state index contributed by atoms with van der Waals surface area (Å²) < 4.78 is 10.6. The number of fused-ring (bicyclic) bond motifs is 2. The molecule has 0 saturated heterocycles. The Balaban J connectivity index is 1.91. The summed E-state index contributed by atoms with van der Waals surface area (Å²) in [6.45, 7) is 6.84. The number of carbonyl (C=O) groups is 2. The van der Waals surface area contributed by atoms with E-state index in [4.69, 9.17) is 9.47 Å². The maximum absolute atomic E-state index is 12.0. The summed E-state index contributed by atoms with van der Waals surface area (Å²) in [5.41, 5.74) is -0.00862. The smallest absolute Gasteiger partial charge is 0.344 e. The van der Waals surface area contributed by atoms with Gasteiger partial charge in [0.05, 0.1) is 0 Å². The topological polar surface area (TPSA) is 52.6 Å². The molecule has 20 heavy (non-hydrogen) atoms. The standard InChI is InChI=1S/C16H24O4/c1-4-7-16(9-12-5-6-13(16)8-12)20-14(17)10-19-15(18)11(2)3/h12-13H,2,4-10H2,1,3H3. The number of hydrogen-bond acceptors (Lipinski definition) is 4. The van der Waals surface area contributed by atoms with Crippen LogP contribution in [-0.4, -0.2) is 24.1 Å². The summed E-state index contributed by atoms with van der Waals surface area (Å²) in [4.78, 5) is 23.2. The van der Waals surface area contributed by atoms with Gasteiger partial charge in [-0.15, -0.1) is 0 Å². The van der Waals surface area contributed by atoms with Gasteiger partial charge in [0.1, 0.15) is 5.60 Å². The van der Waals surface area contributed by atoms with E-state index in [9.17, 15) is 9.59 Å². The maximum Gasteiger partial charge on any atom is 0.344 e. The van der Waals surface area contributed by atoms with Gasteiger partial charge in [0.15, 0.2) is 6.61 Å². The van der Waals surface area contributed by atoms with E-state index in [0.29, 0.717) is 17.4 Å². The lowest BCUT2D eigenvalue weighted by molar-refractivity contribution is -0.175. The van der Waals surface area contributed by atoms with Crippen LogP contribution in [0.4, 0.5) is 0 Å². The van der Waals surface area contributed by atoms with E-state index in [2.05, 4.69) is 13.5 Å². The van der Waals surface area contributed by atoms with Crippen LogP contribution in [0, 0.1) is 11.8 Å². The van der Waals surface area contributed by atoms with E-state index in [1.165, 1.54) is 12.8 Å². The Morgan fingerprint density at radius 2 is 2.10 bits per heavy atom. The minimum absolute atomic E-state index is 0.293. The summed E-state index contributed by atoms with van der Waals surface area (Å²) in [6.07, 6.45) is 6.49. The molecule has 2 fully saturated rings. The molecule has 2 rings (SSSR count). The molecule has 3 atom stereocenters. The Kier molecular flexibility index (Phi) is 4.51. The van der Waals surface area contributed by atoms with E-state index in [-0.39, 0.29) is 12.2 Å². The van der Waals surface area contributed by atoms with Crippen molar-refractivity contribution in [3.8, 4) is 0 Å². The molecule has 0 aromatic carbocycles. The highest BCUT2D eigenvalue weighted by Crippen LogP contribution is 2.54. The first-order valence-electron chi connectivity index (χ1n) is 7.51. The van der Waals surface area contributed by atoms with Crippen LogP contribution >= 0.6 is 0 Å². The zero-order valence-electron chi connectivity index (χ0n) is 12.4. The molecule has 4 nitrogen and oxygen atoms in total. The third-order valence-corrected chi connectivity index (χ3v) is 4.58. The first-order valence-corrected chi connectivity index (χ1v) is 7.51. The molecule has 112 valence electrons. The second-order valence-electron chi connectivity index (χ2n) is 6.23. The van der Waals surface area contributed by atoms with Crippen LogP contribution in [-0.2, 0) is 19.1 Å². The van der Waals surface area contributed by atoms with Crippen molar-refractivity contribution < 1.29 is 19.1 Å². The van der Waals surface area contributed by atoms with Gasteiger partial charge in [0.2, 0.25) is 0 Å². The van der Waals surface area contributed by atoms with Crippen LogP contribution in [0.3, 0.4) is 0 Å². The zero-order chi connectivity index (χ0) is 14.8. The molecule has 0 aliphatic heterocycles. The van der Waals surface area contributed by atoms with Crippen molar-refractivity contribution in [2.24, 2.45) is 11.8 Å². The number of carbonyl (C=O) groups excluding carboxylic acids is 2. The van der Waals surface area contributed by atoms with Crippen LogP contribution in [0.25, 0.3) is 0 Å². The van der Waals surface area contributed by atoms with Gasteiger partial charge in [-0.1, -0.05) is 19.9 Å². The Hall–Kier alpha value is -1.32. The average molecular weight is 280 g/mol. The largest absolute Gasteiger partial charge is 0.456 e. The van der Waals surface area contributed by atoms with Gasteiger partial charge in [-0.25, -0.2) is 9.59 Å². The summed E-state index contributed by atoms with van der Waals surface area (Å²) in [7, 11) is 0. The first-order chi connectivity index (χ1) is 9.47. The van der Waals surface area contributed by atoms with Crippen LogP contribution in [0.1, 0.15) is 52.4 Å². The van der Waals surface area contributed by atoms with Crippen LogP contribution in [0.15, 0.2) is 12.2 Å². The Morgan fingerprint density at radius 3 is 2.60 bits per heavy atom. The minimum Gasteiger partial charge on any atom is -0.456 e. The fraction of sp³-hybridized carbons (Fsp3) is 0.750. The normalized spacial score (nSPS) is 31.1. The summed E-state index contributed by atoms with van der Waals surface area (Å²) >= 11 is 0. The fourth-order valence-corrected chi connectivity index (χ4v) is 3.80. The van der Waals surface area contributed by atoms with E-state index >= 15 is 0 Å². The summed E-state index contributed by atoms with van der Waals surface area (Å²) in [5.74, 6) is 0.227. The van der Waals surface area contributed by atoms with Crippen molar-refractivity contribution in [1.29, 1.82) is 0 Å². The quantitative estimate of drug-likeness (QED) is 0.554. The van der Waals surface area contributed by atoms with Gasteiger partial charge in [0, 0.05) is 5.57 Å². The Labute approximate surface area is 120 Å². The third kappa shape index (κ3) is 3.05. The van der Waals surface area contributed by atoms with E-state index < -0.39 is 11.9 Å². The molecule has 0 aromatic rings. The monoisotopic (exact) mass is 280 g/mol. The van der Waals surface area contributed by atoms with Crippen LogP contribution < -0.4 is 0 Å². The number of ether oxygens (including phenoxy) is 2. The number of hydrogen-bond donors (Lipinski definition) is 0. The second-order valence-corrected chi connectivity index (χ2v) is 6.23. The Morgan fingerprint density at radius 1 is 1.35 bits per heavy atom. The molecule has 0 spiro atoms. The van der Waals surface area contributed by atoms with E-state index in [1.807, 2.05) is 0 Å². The highest BCUT2D eigenvalue weighted by molar-refractivity contribution is 5.88. The molecule has 0 aromatic heterocycles. The lowest BCUT2D eigenvalue weighted by Gasteiger charge is -2.37. The van der Waals surface area contributed by atoms with Gasteiger partial charge in [-0.3, -0.25) is 0 Å². The van der Waals surface area contributed by atoms with Gasteiger partial charge in [-0.2, -0.15) is 0 Å². The molecule has 2 aliphatic rings. The fourth-order valence-electron chi connectivity index (χ4n) is 3.80. The predicted molar refractivity (Wildman–Crippen MR) is 75.0 cm³/mol. The lowest BCUT2D eigenvalue weighted by atomic mass is 9.81. The molecule has 2 aliphatic carbocycles. The van der Waals surface area contributed by atoms with E-state index in [0.717, 1.165) is 25.7 Å². The lowest BCUT2D eigenvalue weighted by Crippen LogP contribution is -2.41. The highest BCUT2D eigenvalue weighted by Gasteiger charge is 2.53. The van der Waals surface area contributed by atoms with Gasteiger partial charge in [0.25, 0.3) is 0 Å². The molecule has 0 radical (unpaired) electrons. The second kappa shape index (κ2) is 5.98. The average Bonchev–Trinajstić information content (AvgIpc) is 2.96. The van der Waals surface area contributed by atoms with Gasteiger partial charge >= 0.3 is 11.9 Å². The highest BCUT2D eigenvalue weighted by atomic mass is 16.6. The third-order valence-electron chi connectivity index (χ3n) is 4.58. The van der Waals surface area contributed by atoms with E-state index in [1.54, 1.807) is 6.92 Å². The molecular formula is C16H24O4.